The zero-order valence-corrected chi connectivity index (χ0v) is 14.3. The first kappa shape index (κ1) is 17.1. The molecule has 1 saturated carbocycles. The maximum Gasteiger partial charge on any atom is 0.303 e. The molecule has 8 heteroatoms. The van der Waals surface area contributed by atoms with Gasteiger partial charge >= 0.3 is 5.97 Å². The second-order valence-corrected chi connectivity index (χ2v) is 7.70. The van der Waals surface area contributed by atoms with Crippen LogP contribution in [0, 0.1) is 10.8 Å². The largest absolute Gasteiger partial charge is 0.453 e. The number of rotatable bonds is 2. The van der Waals surface area contributed by atoms with Gasteiger partial charge in [0.15, 0.2) is 11.9 Å². The summed E-state index contributed by atoms with van der Waals surface area (Å²) in [5.41, 5.74) is -3.38. The Bertz CT molecular complexity index is 682. The molecule has 1 unspecified atom stereocenters. The Hall–Kier alpha value is -1.32. The van der Waals surface area contributed by atoms with Crippen LogP contribution in [0.25, 0.3) is 0 Å². The maximum atomic E-state index is 12.8. The minimum atomic E-state index is -1.46. The van der Waals surface area contributed by atoms with E-state index in [0.717, 1.165) is 0 Å². The predicted molar refractivity (Wildman–Crippen MR) is 81.3 cm³/mol. The summed E-state index contributed by atoms with van der Waals surface area (Å²) in [6.07, 6.45) is -3.90. The molecule has 0 aromatic rings. The van der Waals surface area contributed by atoms with E-state index in [9.17, 15) is 24.9 Å². The number of aliphatic hydroxyl groups excluding tert-OH is 3. The Kier molecular flexibility index (Phi) is 3.35. The summed E-state index contributed by atoms with van der Waals surface area (Å²) in [7, 11) is 0. The number of ketones is 1. The van der Waals surface area contributed by atoms with E-state index < -0.39 is 65.3 Å². The number of carbonyl (C=O) groups excluding carboxylic acids is 2. The van der Waals surface area contributed by atoms with Crippen molar-refractivity contribution in [1.29, 1.82) is 0 Å². The standard InChI is InChI=1S/C17H22O8/c1-7-4-9-16(5-18,13(10(7)20)24-8(2)19)15(3)12(22)11(21)14(25-9)17(15)6-23-17/h4,9,11-14,18,21-22H,5-6H2,1-3H3/t9-,11-,12-,13-,14-,15-,16-,17?/m1/s1. The van der Waals surface area contributed by atoms with Gasteiger partial charge in [-0.25, -0.2) is 0 Å². The van der Waals surface area contributed by atoms with Gasteiger partial charge in [0.05, 0.1) is 30.8 Å². The van der Waals surface area contributed by atoms with Crippen LogP contribution in [-0.2, 0) is 23.8 Å². The van der Waals surface area contributed by atoms with Gasteiger partial charge in [0.25, 0.3) is 0 Å². The van der Waals surface area contributed by atoms with Crippen LogP contribution in [0.15, 0.2) is 11.6 Å². The molecule has 2 aliphatic carbocycles. The Morgan fingerprint density at radius 1 is 1.44 bits per heavy atom. The van der Waals surface area contributed by atoms with Gasteiger partial charge in [0.2, 0.25) is 0 Å². The van der Waals surface area contributed by atoms with E-state index in [2.05, 4.69) is 0 Å². The number of esters is 1. The van der Waals surface area contributed by atoms with Crippen LogP contribution in [0.5, 0.6) is 0 Å². The Balaban J connectivity index is 1.97. The molecule has 2 aliphatic heterocycles. The summed E-state index contributed by atoms with van der Waals surface area (Å²) >= 11 is 0. The molecule has 2 saturated heterocycles. The average Bonchev–Trinajstić information content (AvgIpc) is 3.34. The van der Waals surface area contributed by atoms with E-state index in [1.807, 2.05) is 0 Å². The Morgan fingerprint density at radius 2 is 2.08 bits per heavy atom. The molecule has 0 aromatic carbocycles. The number of aliphatic hydroxyl groups is 3. The summed E-state index contributed by atoms with van der Waals surface area (Å²) in [5.74, 6) is -1.13. The van der Waals surface area contributed by atoms with Gasteiger partial charge in [0, 0.05) is 12.3 Å². The van der Waals surface area contributed by atoms with E-state index in [1.165, 1.54) is 6.92 Å². The number of epoxide rings is 1. The summed E-state index contributed by atoms with van der Waals surface area (Å²) < 4.78 is 17.0. The van der Waals surface area contributed by atoms with Crippen LogP contribution >= 0.6 is 0 Å². The van der Waals surface area contributed by atoms with Gasteiger partial charge in [0.1, 0.15) is 17.8 Å². The number of fused-ring (bicyclic) bond motifs is 2. The number of ether oxygens (including phenoxy) is 3. The van der Waals surface area contributed by atoms with Crippen LogP contribution in [0.3, 0.4) is 0 Å². The molecule has 138 valence electrons. The first-order valence-corrected chi connectivity index (χ1v) is 8.33. The topological polar surface area (TPSA) is 126 Å². The molecule has 25 heavy (non-hydrogen) atoms. The molecule has 8 atom stereocenters. The van der Waals surface area contributed by atoms with Crippen LogP contribution in [0.2, 0.25) is 0 Å². The fourth-order valence-electron chi connectivity index (χ4n) is 5.33. The molecule has 0 aromatic heterocycles. The smallest absolute Gasteiger partial charge is 0.303 e. The minimum Gasteiger partial charge on any atom is -0.453 e. The minimum absolute atomic E-state index is 0.223. The van der Waals surface area contributed by atoms with Crippen molar-refractivity contribution in [2.45, 2.75) is 56.9 Å². The van der Waals surface area contributed by atoms with Crippen molar-refractivity contribution in [1.82, 2.24) is 0 Å². The van der Waals surface area contributed by atoms with Crippen LogP contribution < -0.4 is 0 Å². The third-order valence-electron chi connectivity index (χ3n) is 6.83. The molecule has 2 bridgehead atoms. The molecular formula is C17H22O8. The molecule has 8 nitrogen and oxygen atoms in total. The fraction of sp³-hybridized carbons (Fsp3) is 0.765. The number of carbonyl (C=O) groups is 2. The lowest BCUT2D eigenvalue weighted by Crippen LogP contribution is -2.72. The van der Waals surface area contributed by atoms with E-state index >= 15 is 0 Å². The Labute approximate surface area is 144 Å². The molecule has 3 fully saturated rings. The molecule has 4 rings (SSSR count). The number of hydrogen-bond donors (Lipinski definition) is 3. The highest BCUT2D eigenvalue weighted by Crippen LogP contribution is 2.71. The highest BCUT2D eigenvalue weighted by atomic mass is 16.6. The zero-order chi connectivity index (χ0) is 18.4. The van der Waals surface area contributed by atoms with Gasteiger partial charge < -0.3 is 29.5 Å². The fourth-order valence-corrected chi connectivity index (χ4v) is 5.33. The molecule has 1 spiro atoms. The Morgan fingerprint density at radius 3 is 2.60 bits per heavy atom. The first-order chi connectivity index (χ1) is 11.7. The van der Waals surface area contributed by atoms with E-state index in [0.29, 0.717) is 5.57 Å². The molecule has 0 radical (unpaired) electrons. The lowest BCUT2D eigenvalue weighted by atomic mass is 9.50. The van der Waals surface area contributed by atoms with Crippen LogP contribution in [0.1, 0.15) is 20.8 Å². The van der Waals surface area contributed by atoms with Crippen LogP contribution in [0.4, 0.5) is 0 Å². The lowest BCUT2D eigenvalue weighted by Gasteiger charge is -2.59. The molecular weight excluding hydrogens is 332 g/mol. The summed E-state index contributed by atoms with van der Waals surface area (Å²) in [4.78, 5) is 24.5. The second-order valence-electron chi connectivity index (χ2n) is 7.70. The lowest BCUT2D eigenvalue weighted by molar-refractivity contribution is -0.257. The molecule has 0 amide bonds. The predicted octanol–water partition coefficient (Wildman–Crippen LogP) is -1.30. The summed E-state index contributed by atoms with van der Waals surface area (Å²) in [6, 6.07) is 0. The van der Waals surface area contributed by atoms with E-state index in [1.54, 1.807) is 19.9 Å². The van der Waals surface area contributed by atoms with Gasteiger partial charge in [-0.05, 0) is 18.6 Å². The highest BCUT2D eigenvalue weighted by molar-refractivity contribution is 6.01. The van der Waals surface area contributed by atoms with Gasteiger partial charge in [-0.1, -0.05) is 6.92 Å². The second kappa shape index (κ2) is 4.89. The monoisotopic (exact) mass is 354 g/mol. The van der Waals surface area contributed by atoms with Crippen molar-refractivity contribution in [3.8, 4) is 0 Å². The van der Waals surface area contributed by atoms with Crippen molar-refractivity contribution < 1.29 is 39.1 Å². The molecule has 3 N–H and O–H groups in total. The van der Waals surface area contributed by atoms with Crippen LogP contribution in [-0.4, -0.2) is 76.4 Å². The third-order valence-corrected chi connectivity index (χ3v) is 6.83. The first-order valence-electron chi connectivity index (χ1n) is 8.33. The summed E-state index contributed by atoms with van der Waals surface area (Å²) in [5, 5.41) is 31.8. The van der Waals surface area contributed by atoms with Crippen molar-refractivity contribution in [3.63, 3.8) is 0 Å². The van der Waals surface area contributed by atoms with Gasteiger partial charge in [-0.2, -0.15) is 0 Å². The van der Waals surface area contributed by atoms with Gasteiger partial charge in [-0.15, -0.1) is 0 Å². The van der Waals surface area contributed by atoms with Crippen molar-refractivity contribution in [3.05, 3.63) is 11.6 Å². The van der Waals surface area contributed by atoms with Crippen molar-refractivity contribution >= 4 is 11.8 Å². The maximum absolute atomic E-state index is 12.8. The molecule has 2 heterocycles. The van der Waals surface area contributed by atoms with Crippen molar-refractivity contribution in [2.75, 3.05) is 13.2 Å². The average molecular weight is 354 g/mol. The van der Waals surface area contributed by atoms with Crippen molar-refractivity contribution in [2.24, 2.45) is 10.8 Å². The molecule has 4 aliphatic rings. The number of Topliss-reactive ketones (excluding diaryl/α,β-unsaturated/α-hetero) is 1. The number of hydrogen-bond acceptors (Lipinski definition) is 8. The van der Waals surface area contributed by atoms with E-state index in [4.69, 9.17) is 14.2 Å². The quantitative estimate of drug-likeness (QED) is 0.413. The highest BCUT2D eigenvalue weighted by Gasteiger charge is 2.86. The SMILES string of the molecule is CC(=O)O[C@@H]1C(=O)C(C)=C[C@H]2O[C@@H]3[C@H](O)[C@@H](O)[C@@](C)(C34CO4)[C@@]12CO. The normalized spacial score (nSPS) is 53.4. The van der Waals surface area contributed by atoms with Gasteiger partial charge in [-0.3, -0.25) is 9.59 Å². The third kappa shape index (κ3) is 1.65. The zero-order valence-electron chi connectivity index (χ0n) is 14.3. The van der Waals surface area contributed by atoms with E-state index in [-0.39, 0.29) is 6.61 Å². The summed E-state index contributed by atoms with van der Waals surface area (Å²) in [6.45, 7) is 4.07.